The van der Waals surface area contributed by atoms with Gasteiger partial charge in [0.05, 0.1) is 10.5 Å². The summed E-state index contributed by atoms with van der Waals surface area (Å²) >= 11 is 0. The third kappa shape index (κ3) is 2.86. The largest absolute Gasteiger partial charge is 0.478 e. The smallest absolute Gasteiger partial charge is 0.335 e. The van der Waals surface area contributed by atoms with Crippen LogP contribution in [0.2, 0.25) is 0 Å². The normalized spacial score (nSPS) is 20.6. The van der Waals surface area contributed by atoms with Crippen LogP contribution in [0, 0.1) is 18.3 Å². The van der Waals surface area contributed by atoms with Gasteiger partial charge in [0.25, 0.3) is 0 Å². The van der Waals surface area contributed by atoms with Crippen molar-refractivity contribution in [1.29, 1.82) is 0 Å². The average molecular weight is 297 g/mol. The van der Waals surface area contributed by atoms with Gasteiger partial charge in [0.15, 0.2) is 0 Å². The number of hydrogen-bond acceptors (Lipinski definition) is 3. The van der Waals surface area contributed by atoms with E-state index >= 15 is 0 Å². The molecule has 1 aromatic carbocycles. The molecule has 0 radical (unpaired) electrons. The lowest BCUT2D eigenvalue weighted by Crippen LogP contribution is -2.27. The zero-order chi connectivity index (χ0) is 15.1. The summed E-state index contributed by atoms with van der Waals surface area (Å²) in [5.74, 6) is -0.775. The third-order valence-electron chi connectivity index (χ3n) is 4.04. The van der Waals surface area contributed by atoms with Crippen LogP contribution in [0.5, 0.6) is 0 Å². The minimum absolute atomic E-state index is 0.0135. The fourth-order valence-corrected chi connectivity index (χ4v) is 3.70. The summed E-state index contributed by atoms with van der Waals surface area (Å²) in [4.78, 5) is 11.1. The molecule has 1 fully saturated rings. The van der Waals surface area contributed by atoms with Crippen molar-refractivity contribution in [3.05, 3.63) is 29.3 Å². The minimum Gasteiger partial charge on any atom is -0.478 e. The summed E-state index contributed by atoms with van der Waals surface area (Å²) in [5, 5.41) is 9.04. The summed E-state index contributed by atoms with van der Waals surface area (Å²) in [6, 6.07) is 4.29. The maximum Gasteiger partial charge on any atom is 0.335 e. The molecule has 5 nitrogen and oxygen atoms in total. The Labute approximate surface area is 119 Å². The summed E-state index contributed by atoms with van der Waals surface area (Å²) in [7, 11) is -3.67. The zero-order valence-electron chi connectivity index (χ0n) is 11.8. The van der Waals surface area contributed by atoms with E-state index in [1.165, 1.54) is 25.1 Å². The Morgan fingerprint density at radius 1 is 1.45 bits per heavy atom. The average Bonchev–Trinajstić information content (AvgIpc) is 2.94. The Morgan fingerprint density at radius 3 is 2.55 bits per heavy atom. The first-order valence-corrected chi connectivity index (χ1v) is 7.96. The maximum atomic E-state index is 12.3. The van der Waals surface area contributed by atoms with Gasteiger partial charge < -0.3 is 5.11 Å². The van der Waals surface area contributed by atoms with Gasteiger partial charge in [0.2, 0.25) is 10.0 Å². The highest BCUT2D eigenvalue weighted by atomic mass is 32.2. The lowest BCUT2D eigenvalue weighted by molar-refractivity contribution is 0.0696. The van der Waals surface area contributed by atoms with E-state index in [2.05, 4.69) is 18.6 Å². The molecule has 1 atom stereocenters. The molecule has 1 saturated carbocycles. The van der Waals surface area contributed by atoms with E-state index in [4.69, 9.17) is 5.11 Å². The Bertz CT molecular complexity index is 649. The van der Waals surface area contributed by atoms with Crippen molar-refractivity contribution in [1.82, 2.24) is 4.72 Å². The first kappa shape index (κ1) is 15.0. The number of benzene rings is 1. The van der Waals surface area contributed by atoms with E-state index in [1.807, 2.05) is 0 Å². The molecule has 1 aliphatic rings. The Hall–Kier alpha value is -1.40. The molecule has 1 aliphatic carbocycles. The predicted molar refractivity (Wildman–Crippen MR) is 75.2 cm³/mol. The number of aromatic carboxylic acids is 1. The minimum atomic E-state index is -3.67. The highest BCUT2D eigenvalue weighted by Crippen LogP contribution is 2.51. The molecule has 1 aromatic rings. The predicted octanol–water partition coefficient (Wildman–Crippen LogP) is 2.02. The first-order valence-electron chi connectivity index (χ1n) is 6.48. The molecule has 0 aromatic heterocycles. The van der Waals surface area contributed by atoms with E-state index in [0.717, 1.165) is 6.42 Å². The number of carboxylic acid groups (broad SMARTS) is 1. The third-order valence-corrected chi connectivity index (χ3v) is 5.61. The van der Waals surface area contributed by atoms with Crippen LogP contribution >= 0.6 is 0 Å². The van der Waals surface area contributed by atoms with Gasteiger partial charge in [-0.1, -0.05) is 19.9 Å². The fourth-order valence-electron chi connectivity index (χ4n) is 2.35. The molecule has 110 valence electrons. The second-order valence-corrected chi connectivity index (χ2v) is 7.71. The molecule has 2 rings (SSSR count). The molecule has 1 unspecified atom stereocenters. The van der Waals surface area contributed by atoms with Crippen LogP contribution in [0.3, 0.4) is 0 Å². The fraction of sp³-hybridized carbons (Fsp3) is 0.500. The summed E-state index contributed by atoms with van der Waals surface area (Å²) in [5.41, 5.74) is 0.475. The molecule has 0 heterocycles. The molecule has 20 heavy (non-hydrogen) atoms. The summed E-state index contributed by atoms with van der Waals surface area (Å²) in [6.07, 6.45) is 1.00. The van der Waals surface area contributed by atoms with Gasteiger partial charge in [-0.2, -0.15) is 0 Å². The number of nitrogens with one attached hydrogen (secondary N) is 1. The highest BCUT2D eigenvalue weighted by molar-refractivity contribution is 7.89. The van der Waals surface area contributed by atoms with Crippen LogP contribution in [0.25, 0.3) is 0 Å². The first-order chi connectivity index (χ1) is 9.15. The Morgan fingerprint density at radius 2 is 2.05 bits per heavy atom. The number of carboxylic acids is 1. The lowest BCUT2D eigenvalue weighted by Gasteiger charge is -2.11. The Balaban J connectivity index is 2.22. The van der Waals surface area contributed by atoms with E-state index < -0.39 is 16.0 Å². The van der Waals surface area contributed by atoms with Crippen molar-refractivity contribution in [2.45, 2.75) is 32.1 Å². The van der Waals surface area contributed by atoms with Crippen LogP contribution < -0.4 is 4.72 Å². The zero-order valence-corrected chi connectivity index (χ0v) is 12.6. The lowest BCUT2D eigenvalue weighted by atomic mass is 10.1. The number of hydrogen-bond donors (Lipinski definition) is 2. The van der Waals surface area contributed by atoms with E-state index in [1.54, 1.807) is 0 Å². The molecule has 0 spiro atoms. The van der Waals surface area contributed by atoms with Gasteiger partial charge in [0.1, 0.15) is 0 Å². The van der Waals surface area contributed by atoms with Crippen molar-refractivity contribution in [2.24, 2.45) is 11.3 Å². The van der Waals surface area contributed by atoms with Crippen molar-refractivity contribution >= 4 is 16.0 Å². The quantitative estimate of drug-likeness (QED) is 0.871. The molecule has 0 bridgehead atoms. The van der Waals surface area contributed by atoms with E-state index in [-0.39, 0.29) is 21.4 Å². The number of rotatable bonds is 5. The van der Waals surface area contributed by atoms with E-state index in [9.17, 15) is 13.2 Å². The van der Waals surface area contributed by atoms with Gasteiger partial charge in [-0.05, 0) is 42.4 Å². The van der Waals surface area contributed by atoms with Gasteiger partial charge in [-0.3, -0.25) is 0 Å². The van der Waals surface area contributed by atoms with Crippen LogP contribution in [0.15, 0.2) is 23.1 Å². The summed E-state index contributed by atoms with van der Waals surface area (Å²) in [6.45, 7) is 6.11. The molecule has 0 amide bonds. The van der Waals surface area contributed by atoms with Gasteiger partial charge in [-0.15, -0.1) is 0 Å². The molecule has 6 heteroatoms. The SMILES string of the molecule is Cc1c(C(=O)O)cccc1S(=O)(=O)NCC1CC1(C)C. The second-order valence-electron chi connectivity index (χ2n) is 5.98. The van der Waals surface area contributed by atoms with Crippen molar-refractivity contribution in [3.8, 4) is 0 Å². The molecular formula is C14H19NO4S. The van der Waals surface area contributed by atoms with Crippen molar-refractivity contribution < 1.29 is 18.3 Å². The van der Waals surface area contributed by atoms with E-state index in [0.29, 0.717) is 12.5 Å². The van der Waals surface area contributed by atoms with Crippen LogP contribution in [0.4, 0.5) is 0 Å². The van der Waals surface area contributed by atoms with Crippen molar-refractivity contribution in [2.75, 3.05) is 6.54 Å². The monoisotopic (exact) mass is 297 g/mol. The van der Waals surface area contributed by atoms with Gasteiger partial charge >= 0.3 is 5.97 Å². The Kier molecular flexibility index (Phi) is 3.64. The van der Waals surface area contributed by atoms with Crippen LogP contribution in [0.1, 0.15) is 36.2 Å². The molecule has 0 saturated heterocycles. The second kappa shape index (κ2) is 4.86. The number of carbonyl (C=O) groups is 1. The molecular weight excluding hydrogens is 278 g/mol. The maximum absolute atomic E-state index is 12.3. The standard InChI is InChI=1S/C14H19NO4S/c1-9-11(13(16)17)5-4-6-12(9)20(18,19)15-8-10-7-14(10,2)3/h4-6,10,15H,7-8H2,1-3H3,(H,16,17). The van der Waals surface area contributed by atoms with Crippen LogP contribution in [-0.2, 0) is 10.0 Å². The van der Waals surface area contributed by atoms with Gasteiger partial charge in [-0.25, -0.2) is 17.9 Å². The van der Waals surface area contributed by atoms with Gasteiger partial charge in [0, 0.05) is 6.54 Å². The topological polar surface area (TPSA) is 83.5 Å². The highest BCUT2D eigenvalue weighted by Gasteiger charge is 2.45. The van der Waals surface area contributed by atoms with Crippen LogP contribution in [-0.4, -0.2) is 26.0 Å². The molecule has 0 aliphatic heterocycles. The number of sulfonamides is 1. The molecule has 2 N–H and O–H groups in total. The van der Waals surface area contributed by atoms with Crippen molar-refractivity contribution in [3.63, 3.8) is 0 Å². The summed E-state index contributed by atoms with van der Waals surface area (Å²) < 4.78 is 27.1.